The van der Waals surface area contributed by atoms with Gasteiger partial charge in [-0.3, -0.25) is 0 Å². The minimum atomic E-state index is -0.818. The third kappa shape index (κ3) is 3.34. The van der Waals surface area contributed by atoms with Crippen molar-refractivity contribution in [1.29, 1.82) is 0 Å². The van der Waals surface area contributed by atoms with Gasteiger partial charge in [0.05, 0.1) is 16.2 Å². The van der Waals surface area contributed by atoms with Gasteiger partial charge in [-0.1, -0.05) is 39.0 Å². The highest BCUT2D eigenvalue weighted by atomic mass is 32.1. The summed E-state index contributed by atoms with van der Waals surface area (Å²) in [6.07, 6.45) is 2.48. The van der Waals surface area contributed by atoms with Gasteiger partial charge >= 0.3 is 0 Å². The number of rotatable bonds is 2. The fraction of sp³-hybridized carbons (Fsp3) is 0.812. The van der Waals surface area contributed by atoms with Gasteiger partial charge < -0.3 is 10.0 Å². The lowest BCUT2D eigenvalue weighted by molar-refractivity contribution is 0.0803. The molecular weight excluding hydrogens is 268 g/mol. The van der Waals surface area contributed by atoms with E-state index in [1.807, 2.05) is 13.8 Å². The number of nitrogens with zero attached hydrogens (tertiary/aromatic N) is 2. The van der Waals surface area contributed by atoms with E-state index in [-0.39, 0.29) is 5.41 Å². The first kappa shape index (κ1) is 15.8. The fourth-order valence-electron chi connectivity index (χ4n) is 2.57. The molecule has 1 aliphatic rings. The first-order valence-corrected chi connectivity index (χ1v) is 8.40. The molecule has 0 amide bonds. The number of piperidine rings is 1. The van der Waals surface area contributed by atoms with Crippen LogP contribution in [0.25, 0.3) is 0 Å². The molecule has 1 aliphatic heterocycles. The van der Waals surface area contributed by atoms with Crippen LogP contribution in [0.2, 0.25) is 0 Å². The zero-order valence-electron chi connectivity index (χ0n) is 13.7. The lowest BCUT2D eigenvalue weighted by Gasteiger charge is -2.30. The van der Waals surface area contributed by atoms with Crippen molar-refractivity contribution in [2.45, 2.75) is 65.4 Å². The van der Waals surface area contributed by atoms with Crippen molar-refractivity contribution in [3.05, 3.63) is 10.6 Å². The van der Waals surface area contributed by atoms with E-state index in [2.05, 4.69) is 32.6 Å². The normalized spacial score (nSPS) is 18.6. The second-order valence-corrected chi connectivity index (χ2v) is 8.63. The molecule has 0 radical (unpaired) electrons. The van der Waals surface area contributed by atoms with Gasteiger partial charge in [0.1, 0.15) is 0 Å². The van der Waals surface area contributed by atoms with Crippen LogP contribution < -0.4 is 4.90 Å². The minimum absolute atomic E-state index is 0.0346. The summed E-state index contributed by atoms with van der Waals surface area (Å²) < 4.78 is 0. The zero-order valence-corrected chi connectivity index (χ0v) is 14.5. The molecule has 2 heterocycles. The molecule has 0 saturated carbocycles. The molecular formula is C16H28N2OS. The molecule has 0 aliphatic carbocycles. The van der Waals surface area contributed by atoms with Crippen molar-refractivity contribution in [1.82, 2.24) is 4.98 Å². The van der Waals surface area contributed by atoms with Crippen molar-refractivity contribution in [2.24, 2.45) is 5.92 Å². The summed E-state index contributed by atoms with van der Waals surface area (Å²) in [5.74, 6) is 0.821. The lowest BCUT2D eigenvalue weighted by Crippen LogP contribution is -2.32. The van der Waals surface area contributed by atoms with Crippen LogP contribution in [-0.4, -0.2) is 23.2 Å². The van der Waals surface area contributed by atoms with E-state index in [1.165, 1.54) is 12.8 Å². The molecule has 2 rings (SSSR count). The Kier molecular flexibility index (Phi) is 4.18. The highest BCUT2D eigenvalue weighted by Gasteiger charge is 2.32. The highest BCUT2D eigenvalue weighted by molar-refractivity contribution is 7.15. The summed E-state index contributed by atoms with van der Waals surface area (Å²) in [6.45, 7) is 14.7. The van der Waals surface area contributed by atoms with E-state index in [4.69, 9.17) is 4.98 Å². The summed E-state index contributed by atoms with van der Waals surface area (Å²) in [5, 5.41) is 11.5. The van der Waals surface area contributed by atoms with Crippen LogP contribution in [-0.2, 0) is 11.0 Å². The molecule has 114 valence electrons. The van der Waals surface area contributed by atoms with Gasteiger partial charge in [-0.25, -0.2) is 4.98 Å². The molecule has 3 nitrogen and oxygen atoms in total. The quantitative estimate of drug-likeness (QED) is 0.899. The predicted molar refractivity (Wildman–Crippen MR) is 86.7 cm³/mol. The topological polar surface area (TPSA) is 36.4 Å². The average molecular weight is 296 g/mol. The molecule has 0 bridgehead atoms. The van der Waals surface area contributed by atoms with Crippen molar-refractivity contribution < 1.29 is 5.11 Å². The molecule has 1 saturated heterocycles. The average Bonchev–Trinajstić information content (AvgIpc) is 2.74. The molecule has 20 heavy (non-hydrogen) atoms. The van der Waals surface area contributed by atoms with E-state index in [0.717, 1.165) is 34.7 Å². The number of thiazole rings is 1. The summed E-state index contributed by atoms with van der Waals surface area (Å²) in [5.41, 5.74) is 0.193. The Balaban J connectivity index is 2.35. The first-order valence-electron chi connectivity index (χ1n) is 7.58. The Morgan fingerprint density at radius 2 is 1.70 bits per heavy atom. The van der Waals surface area contributed by atoms with Crippen molar-refractivity contribution in [3.8, 4) is 0 Å². The summed E-state index contributed by atoms with van der Waals surface area (Å²) in [4.78, 5) is 8.28. The van der Waals surface area contributed by atoms with Crippen molar-refractivity contribution in [2.75, 3.05) is 18.0 Å². The maximum Gasteiger partial charge on any atom is 0.185 e. The maximum atomic E-state index is 10.4. The van der Waals surface area contributed by atoms with E-state index in [1.54, 1.807) is 11.3 Å². The summed E-state index contributed by atoms with van der Waals surface area (Å²) in [6, 6.07) is 0. The van der Waals surface area contributed by atoms with Gasteiger partial charge in [-0.05, 0) is 32.6 Å². The minimum Gasteiger partial charge on any atom is -0.385 e. The van der Waals surface area contributed by atoms with Crippen LogP contribution in [0.4, 0.5) is 5.13 Å². The van der Waals surface area contributed by atoms with E-state index in [9.17, 15) is 5.11 Å². The molecule has 0 aromatic carbocycles. The predicted octanol–water partition coefficient (Wildman–Crippen LogP) is 3.90. The van der Waals surface area contributed by atoms with Gasteiger partial charge in [0.2, 0.25) is 0 Å². The number of hydrogen-bond donors (Lipinski definition) is 1. The number of hydrogen-bond acceptors (Lipinski definition) is 4. The Bertz CT molecular complexity index is 428. The molecule has 1 N–H and O–H groups in total. The Hall–Kier alpha value is -0.610. The molecule has 1 aromatic rings. The largest absolute Gasteiger partial charge is 0.385 e. The lowest BCUT2D eigenvalue weighted by atomic mass is 9.88. The molecule has 4 heteroatoms. The third-order valence-electron chi connectivity index (χ3n) is 3.94. The Morgan fingerprint density at radius 3 is 2.10 bits per heavy atom. The van der Waals surface area contributed by atoms with E-state index in [0.29, 0.717) is 0 Å². The van der Waals surface area contributed by atoms with Crippen LogP contribution in [0, 0.1) is 5.92 Å². The van der Waals surface area contributed by atoms with Crippen molar-refractivity contribution in [3.63, 3.8) is 0 Å². The first-order chi connectivity index (χ1) is 9.09. The van der Waals surface area contributed by atoms with E-state index >= 15 is 0 Å². The standard InChI is InChI=1S/C16H28N2OS/c1-11-7-9-18(10-8-11)14-17-12(15(2,3)4)13(20-14)16(5,6)19/h11,19H,7-10H2,1-6H3. The van der Waals surface area contributed by atoms with Crippen LogP contribution in [0.3, 0.4) is 0 Å². The number of aliphatic hydroxyl groups is 1. The van der Waals surface area contributed by atoms with Gasteiger partial charge in [0.25, 0.3) is 0 Å². The fourth-order valence-corrected chi connectivity index (χ4v) is 3.90. The van der Waals surface area contributed by atoms with E-state index < -0.39 is 5.60 Å². The van der Waals surface area contributed by atoms with Crippen LogP contribution in [0.15, 0.2) is 0 Å². The number of anilines is 1. The zero-order chi connectivity index (χ0) is 15.1. The van der Waals surface area contributed by atoms with Gasteiger partial charge in [0, 0.05) is 18.5 Å². The van der Waals surface area contributed by atoms with Crippen LogP contribution >= 0.6 is 11.3 Å². The summed E-state index contributed by atoms with van der Waals surface area (Å²) >= 11 is 1.67. The smallest absolute Gasteiger partial charge is 0.185 e. The monoisotopic (exact) mass is 296 g/mol. The molecule has 0 spiro atoms. The second kappa shape index (κ2) is 5.30. The number of aromatic nitrogens is 1. The van der Waals surface area contributed by atoms with Gasteiger partial charge in [0.15, 0.2) is 5.13 Å². The van der Waals surface area contributed by atoms with Gasteiger partial charge in [-0.15, -0.1) is 0 Å². The summed E-state index contributed by atoms with van der Waals surface area (Å²) in [7, 11) is 0. The Morgan fingerprint density at radius 1 is 1.15 bits per heavy atom. The highest BCUT2D eigenvalue weighted by Crippen LogP contribution is 2.40. The molecule has 0 atom stereocenters. The second-order valence-electron chi connectivity index (χ2n) is 7.65. The molecule has 1 fully saturated rings. The van der Waals surface area contributed by atoms with Crippen molar-refractivity contribution >= 4 is 16.5 Å². The van der Waals surface area contributed by atoms with Crippen LogP contribution in [0.5, 0.6) is 0 Å². The third-order valence-corrected chi connectivity index (χ3v) is 5.37. The van der Waals surface area contributed by atoms with Gasteiger partial charge in [-0.2, -0.15) is 0 Å². The molecule has 1 aromatic heterocycles. The maximum absolute atomic E-state index is 10.4. The Labute approximate surface area is 127 Å². The SMILES string of the molecule is CC1CCN(c2nc(C(C)(C)C)c(C(C)(C)O)s2)CC1. The van der Waals surface area contributed by atoms with Crippen LogP contribution in [0.1, 0.15) is 65.0 Å². The molecule has 0 unspecified atom stereocenters.